The smallest absolute Gasteiger partial charge is 0.0690 e. The monoisotopic (exact) mass is 157 g/mol. The van der Waals surface area contributed by atoms with E-state index in [0.717, 1.165) is 13.1 Å². The Hall–Kier alpha value is -0.0800. The summed E-state index contributed by atoms with van der Waals surface area (Å²) >= 11 is 0. The SMILES string of the molecule is CC(O)C(C)(C)N1CCCC1. The van der Waals surface area contributed by atoms with Gasteiger partial charge in [0.2, 0.25) is 0 Å². The van der Waals surface area contributed by atoms with E-state index < -0.39 is 0 Å². The first-order valence-electron chi connectivity index (χ1n) is 4.48. The summed E-state index contributed by atoms with van der Waals surface area (Å²) in [4.78, 5) is 2.37. The third-order valence-corrected chi connectivity index (χ3v) is 2.94. The number of aliphatic hydroxyl groups is 1. The van der Waals surface area contributed by atoms with Crippen molar-refractivity contribution in [2.45, 2.75) is 45.3 Å². The van der Waals surface area contributed by atoms with Gasteiger partial charge >= 0.3 is 0 Å². The lowest BCUT2D eigenvalue weighted by Gasteiger charge is -2.37. The first kappa shape index (κ1) is 9.01. The molecule has 1 heterocycles. The molecule has 1 aliphatic rings. The van der Waals surface area contributed by atoms with Gasteiger partial charge in [0.05, 0.1) is 6.10 Å². The Kier molecular flexibility index (Phi) is 2.55. The summed E-state index contributed by atoms with van der Waals surface area (Å²) in [6.07, 6.45) is 2.34. The van der Waals surface area contributed by atoms with E-state index in [4.69, 9.17) is 0 Å². The molecule has 1 atom stereocenters. The first-order valence-corrected chi connectivity index (χ1v) is 4.48. The molecule has 0 aromatic heterocycles. The quantitative estimate of drug-likeness (QED) is 0.652. The summed E-state index contributed by atoms with van der Waals surface area (Å²) in [5.74, 6) is 0. The number of rotatable bonds is 2. The lowest BCUT2D eigenvalue weighted by Crippen LogP contribution is -2.49. The van der Waals surface area contributed by atoms with E-state index in [-0.39, 0.29) is 11.6 Å². The molecular formula is C9H19NO. The molecule has 1 rings (SSSR count). The van der Waals surface area contributed by atoms with Crippen molar-refractivity contribution in [3.8, 4) is 0 Å². The lowest BCUT2D eigenvalue weighted by atomic mass is 9.97. The van der Waals surface area contributed by atoms with Gasteiger partial charge in [-0.05, 0) is 46.7 Å². The first-order chi connectivity index (χ1) is 5.05. The molecule has 1 fully saturated rings. The Morgan fingerprint density at radius 2 is 1.73 bits per heavy atom. The number of hydrogen-bond donors (Lipinski definition) is 1. The van der Waals surface area contributed by atoms with Gasteiger partial charge in [-0.3, -0.25) is 4.90 Å². The fourth-order valence-electron chi connectivity index (χ4n) is 1.56. The molecule has 0 saturated carbocycles. The third-order valence-electron chi connectivity index (χ3n) is 2.94. The number of likely N-dealkylation sites (tertiary alicyclic amines) is 1. The van der Waals surface area contributed by atoms with Crippen LogP contribution < -0.4 is 0 Å². The summed E-state index contributed by atoms with van der Waals surface area (Å²) in [6, 6.07) is 0. The van der Waals surface area contributed by atoms with Gasteiger partial charge in [-0.2, -0.15) is 0 Å². The molecule has 2 nitrogen and oxygen atoms in total. The van der Waals surface area contributed by atoms with Crippen LogP contribution in [0.15, 0.2) is 0 Å². The number of nitrogens with zero attached hydrogens (tertiary/aromatic N) is 1. The second-order valence-electron chi connectivity index (χ2n) is 4.02. The summed E-state index contributed by atoms with van der Waals surface area (Å²) in [5.41, 5.74) is -0.0312. The van der Waals surface area contributed by atoms with Crippen LogP contribution in [-0.2, 0) is 0 Å². The van der Waals surface area contributed by atoms with Crippen LogP contribution in [0.4, 0.5) is 0 Å². The van der Waals surface area contributed by atoms with E-state index in [2.05, 4.69) is 18.7 Å². The number of aliphatic hydroxyl groups excluding tert-OH is 1. The maximum atomic E-state index is 9.50. The molecule has 1 unspecified atom stereocenters. The van der Waals surface area contributed by atoms with Crippen molar-refractivity contribution >= 4 is 0 Å². The van der Waals surface area contributed by atoms with Gasteiger partial charge in [-0.25, -0.2) is 0 Å². The van der Waals surface area contributed by atoms with E-state index in [1.807, 2.05) is 6.92 Å². The Balaban J connectivity index is 2.55. The van der Waals surface area contributed by atoms with Crippen molar-refractivity contribution in [1.29, 1.82) is 0 Å². The van der Waals surface area contributed by atoms with E-state index in [1.54, 1.807) is 0 Å². The highest BCUT2D eigenvalue weighted by Crippen LogP contribution is 2.23. The van der Waals surface area contributed by atoms with Crippen molar-refractivity contribution < 1.29 is 5.11 Å². The fourth-order valence-corrected chi connectivity index (χ4v) is 1.56. The van der Waals surface area contributed by atoms with Crippen LogP contribution in [0.2, 0.25) is 0 Å². The summed E-state index contributed by atoms with van der Waals surface area (Å²) < 4.78 is 0. The molecule has 0 aromatic rings. The van der Waals surface area contributed by atoms with Gasteiger partial charge < -0.3 is 5.11 Å². The second kappa shape index (κ2) is 3.11. The number of hydrogen-bond acceptors (Lipinski definition) is 2. The predicted molar refractivity (Wildman–Crippen MR) is 46.6 cm³/mol. The zero-order chi connectivity index (χ0) is 8.48. The van der Waals surface area contributed by atoms with Gasteiger partial charge in [0.1, 0.15) is 0 Å². The fraction of sp³-hybridized carbons (Fsp3) is 1.00. The van der Waals surface area contributed by atoms with Gasteiger partial charge in [-0.15, -0.1) is 0 Å². The minimum Gasteiger partial charge on any atom is -0.392 e. The molecule has 11 heavy (non-hydrogen) atoms. The molecule has 0 spiro atoms. The topological polar surface area (TPSA) is 23.5 Å². The molecule has 0 amide bonds. The molecule has 1 aliphatic heterocycles. The average molecular weight is 157 g/mol. The van der Waals surface area contributed by atoms with Crippen molar-refractivity contribution in [3.63, 3.8) is 0 Å². The molecule has 0 aliphatic carbocycles. The molecule has 2 heteroatoms. The van der Waals surface area contributed by atoms with Crippen LogP contribution in [0.5, 0.6) is 0 Å². The summed E-state index contributed by atoms with van der Waals surface area (Å²) in [5, 5.41) is 9.50. The normalized spacial score (nSPS) is 24.0. The van der Waals surface area contributed by atoms with E-state index in [1.165, 1.54) is 12.8 Å². The highest BCUT2D eigenvalue weighted by Gasteiger charge is 2.32. The molecule has 66 valence electrons. The zero-order valence-electron chi connectivity index (χ0n) is 7.80. The Morgan fingerprint density at radius 1 is 1.27 bits per heavy atom. The largest absolute Gasteiger partial charge is 0.392 e. The van der Waals surface area contributed by atoms with E-state index >= 15 is 0 Å². The Labute approximate surface area is 69.2 Å². The maximum Gasteiger partial charge on any atom is 0.0690 e. The van der Waals surface area contributed by atoms with Gasteiger partial charge in [0.15, 0.2) is 0 Å². The summed E-state index contributed by atoms with van der Waals surface area (Å²) in [6.45, 7) is 8.40. The maximum absolute atomic E-state index is 9.50. The van der Waals surface area contributed by atoms with Gasteiger partial charge in [-0.1, -0.05) is 0 Å². The van der Waals surface area contributed by atoms with Gasteiger partial charge in [0.25, 0.3) is 0 Å². The van der Waals surface area contributed by atoms with Gasteiger partial charge in [0, 0.05) is 5.54 Å². The zero-order valence-corrected chi connectivity index (χ0v) is 7.80. The summed E-state index contributed by atoms with van der Waals surface area (Å²) in [7, 11) is 0. The lowest BCUT2D eigenvalue weighted by molar-refractivity contribution is 0.0145. The van der Waals surface area contributed by atoms with Crippen LogP contribution >= 0.6 is 0 Å². The molecular weight excluding hydrogens is 138 g/mol. The van der Waals surface area contributed by atoms with Crippen LogP contribution in [0, 0.1) is 0 Å². The minimum absolute atomic E-state index is 0.0312. The minimum atomic E-state index is -0.236. The van der Waals surface area contributed by atoms with Crippen molar-refractivity contribution in [2.75, 3.05) is 13.1 Å². The predicted octanol–water partition coefficient (Wildman–Crippen LogP) is 1.24. The highest BCUT2D eigenvalue weighted by atomic mass is 16.3. The molecule has 0 radical (unpaired) electrons. The molecule has 0 bridgehead atoms. The third kappa shape index (κ3) is 1.74. The molecule has 1 N–H and O–H groups in total. The van der Waals surface area contributed by atoms with Crippen molar-refractivity contribution in [2.24, 2.45) is 0 Å². The Bertz CT molecular complexity index is 126. The van der Waals surface area contributed by atoms with Crippen LogP contribution in [0.1, 0.15) is 33.6 Å². The second-order valence-corrected chi connectivity index (χ2v) is 4.02. The highest BCUT2D eigenvalue weighted by molar-refractivity contribution is 4.88. The molecule has 1 saturated heterocycles. The molecule has 0 aromatic carbocycles. The van der Waals surface area contributed by atoms with Crippen LogP contribution in [0.25, 0.3) is 0 Å². The average Bonchev–Trinajstić information content (AvgIpc) is 2.37. The van der Waals surface area contributed by atoms with E-state index in [9.17, 15) is 5.11 Å². The Morgan fingerprint density at radius 3 is 2.09 bits per heavy atom. The van der Waals surface area contributed by atoms with Crippen molar-refractivity contribution in [1.82, 2.24) is 4.90 Å². The van der Waals surface area contributed by atoms with Crippen molar-refractivity contribution in [3.05, 3.63) is 0 Å². The van der Waals surface area contributed by atoms with Crippen LogP contribution in [-0.4, -0.2) is 34.7 Å². The standard InChI is InChI=1S/C9H19NO/c1-8(11)9(2,3)10-6-4-5-7-10/h8,11H,4-7H2,1-3H3. The van der Waals surface area contributed by atoms with E-state index in [0.29, 0.717) is 0 Å². The van der Waals surface area contributed by atoms with Crippen LogP contribution in [0.3, 0.4) is 0 Å².